The summed E-state index contributed by atoms with van der Waals surface area (Å²) < 4.78 is 0. The number of phenolic OH excluding ortho intramolecular Hbond substituents is 1. The number of carboxylic acid groups (broad SMARTS) is 1. The molecule has 0 fully saturated rings. The topological polar surface area (TPSA) is 89.9 Å². The minimum absolute atomic E-state index is 0.0274. The molecule has 2 aromatic carbocycles. The summed E-state index contributed by atoms with van der Waals surface area (Å²) in [6, 6.07) is 6.58. The van der Waals surface area contributed by atoms with Gasteiger partial charge in [0.1, 0.15) is 5.75 Å². The van der Waals surface area contributed by atoms with Crippen molar-refractivity contribution in [1.82, 2.24) is 5.32 Å². The molecule has 0 spiro atoms. The highest BCUT2D eigenvalue weighted by Crippen LogP contribution is 2.42. The maximum absolute atomic E-state index is 12.8. The largest absolute Gasteiger partial charge is 0.507 e. The molecule has 0 unspecified atom stereocenters. The first-order chi connectivity index (χ1) is 19.6. The number of hydrogen-bond acceptors (Lipinski definition) is 4. The fraction of sp³-hybridized carbons (Fsp3) is 0.600. The summed E-state index contributed by atoms with van der Waals surface area (Å²) >= 11 is 0. The number of phenols is 1. The van der Waals surface area contributed by atoms with Crippen molar-refractivity contribution in [2.24, 2.45) is 5.41 Å². The van der Waals surface area contributed by atoms with Gasteiger partial charge in [0.05, 0.1) is 12.0 Å². The Labute approximate surface area is 247 Å². The zero-order valence-corrected chi connectivity index (χ0v) is 26.1. The lowest BCUT2D eigenvalue weighted by Crippen LogP contribution is -2.36. The van der Waals surface area contributed by atoms with Gasteiger partial charge in [0.2, 0.25) is 0 Å². The number of para-hydroxylation sites is 1. The summed E-state index contributed by atoms with van der Waals surface area (Å²) in [6.07, 6.45) is 13.4. The van der Waals surface area contributed by atoms with Gasteiger partial charge in [-0.25, -0.2) is 0 Å². The first-order valence-corrected chi connectivity index (χ1v) is 15.7. The molecule has 226 valence electrons. The van der Waals surface area contributed by atoms with Crippen molar-refractivity contribution in [1.29, 1.82) is 0 Å². The van der Waals surface area contributed by atoms with Crippen LogP contribution in [-0.2, 0) is 24.1 Å². The van der Waals surface area contributed by atoms with Crippen LogP contribution < -0.4 is 10.2 Å². The maximum atomic E-state index is 12.8. The molecular formula is C35H52N2O4. The average Bonchev–Trinajstić information content (AvgIpc) is 3.35. The standard InChI is InChI=1S/C35H52N2O4/c1-6-7-8-9-10-11-12-13-16-20-37-21-19-27-25(2)29(22-32(39)40)26(3)30(33(27)37)23-35(4,5)24-36-34(41)28-17-14-15-18-31(28)38/h14-15,17-18,38H,6-13,16,19-24H2,1-5H3,(H,36,41)(H,39,40). The average molecular weight is 565 g/mol. The maximum Gasteiger partial charge on any atom is 0.307 e. The Morgan fingerprint density at radius 2 is 1.56 bits per heavy atom. The molecule has 3 N–H and O–H groups in total. The second-order valence-corrected chi connectivity index (χ2v) is 12.7. The molecule has 1 aliphatic rings. The number of carbonyl (C=O) groups is 2. The fourth-order valence-corrected chi connectivity index (χ4v) is 6.32. The van der Waals surface area contributed by atoms with Crippen molar-refractivity contribution in [2.75, 3.05) is 24.5 Å². The molecular weight excluding hydrogens is 512 g/mol. The Balaban J connectivity index is 1.74. The number of benzene rings is 2. The van der Waals surface area contributed by atoms with Gasteiger partial charge in [-0.1, -0.05) is 84.3 Å². The number of unbranched alkanes of at least 4 members (excludes halogenated alkanes) is 8. The third-order valence-electron chi connectivity index (χ3n) is 8.72. The van der Waals surface area contributed by atoms with Gasteiger partial charge in [-0.05, 0) is 78.5 Å². The molecule has 3 rings (SSSR count). The highest BCUT2D eigenvalue weighted by atomic mass is 16.4. The molecule has 41 heavy (non-hydrogen) atoms. The second kappa shape index (κ2) is 15.3. The van der Waals surface area contributed by atoms with E-state index in [-0.39, 0.29) is 29.1 Å². The number of carbonyl (C=O) groups excluding carboxylic acids is 1. The van der Waals surface area contributed by atoms with E-state index in [1.165, 1.54) is 80.7 Å². The highest BCUT2D eigenvalue weighted by molar-refractivity contribution is 5.96. The van der Waals surface area contributed by atoms with E-state index in [0.29, 0.717) is 6.54 Å². The number of fused-ring (bicyclic) bond motifs is 1. The molecule has 1 amide bonds. The van der Waals surface area contributed by atoms with Crippen LogP contribution >= 0.6 is 0 Å². The molecule has 6 nitrogen and oxygen atoms in total. The summed E-state index contributed by atoms with van der Waals surface area (Å²) in [7, 11) is 0. The van der Waals surface area contributed by atoms with Crippen LogP contribution in [0, 0.1) is 19.3 Å². The molecule has 0 aliphatic carbocycles. The Morgan fingerprint density at radius 3 is 2.20 bits per heavy atom. The van der Waals surface area contributed by atoms with Crippen LogP contribution in [0.15, 0.2) is 24.3 Å². The Morgan fingerprint density at radius 1 is 0.927 bits per heavy atom. The summed E-state index contributed by atoms with van der Waals surface area (Å²) in [6.45, 7) is 13.1. The van der Waals surface area contributed by atoms with E-state index in [4.69, 9.17) is 0 Å². The first kappa shape index (κ1) is 32.5. The van der Waals surface area contributed by atoms with Crippen molar-refractivity contribution in [3.63, 3.8) is 0 Å². The monoisotopic (exact) mass is 564 g/mol. The number of rotatable bonds is 17. The molecule has 0 atom stereocenters. The first-order valence-electron chi connectivity index (χ1n) is 15.7. The highest BCUT2D eigenvalue weighted by Gasteiger charge is 2.31. The van der Waals surface area contributed by atoms with Gasteiger partial charge in [0, 0.05) is 25.3 Å². The van der Waals surface area contributed by atoms with Crippen LogP contribution in [0.25, 0.3) is 0 Å². The molecule has 2 aromatic rings. The van der Waals surface area contributed by atoms with Crippen molar-refractivity contribution in [3.8, 4) is 5.75 Å². The third kappa shape index (κ3) is 8.98. The molecule has 6 heteroatoms. The van der Waals surface area contributed by atoms with E-state index < -0.39 is 5.97 Å². The number of aliphatic carboxylic acids is 1. The van der Waals surface area contributed by atoms with Crippen molar-refractivity contribution < 1.29 is 19.8 Å². The van der Waals surface area contributed by atoms with Gasteiger partial charge in [-0.3, -0.25) is 9.59 Å². The van der Waals surface area contributed by atoms with Crippen molar-refractivity contribution in [2.45, 2.75) is 112 Å². The van der Waals surface area contributed by atoms with E-state index in [1.807, 2.05) is 0 Å². The summed E-state index contributed by atoms with van der Waals surface area (Å²) in [5.41, 5.74) is 6.95. The van der Waals surface area contributed by atoms with Gasteiger partial charge in [0.25, 0.3) is 5.91 Å². The lowest BCUT2D eigenvalue weighted by atomic mass is 9.80. The number of anilines is 1. The number of carboxylic acids is 1. The molecule has 0 radical (unpaired) electrons. The van der Waals surface area contributed by atoms with Crippen LogP contribution in [0.5, 0.6) is 5.75 Å². The van der Waals surface area contributed by atoms with E-state index >= 15 is 0 Å². The van der Waals surface area contributed by atoms with Gasteiger partial charge in [-0.15, -0.1) is 0 Å². The summed E-state index contributed by atoms with van der Waals surface area (Å²) in [5, 5.41) is 22.8. The predicted octanol–water partition coefficient (Wildman–Crippen LogP) is 7.53. The van der Waals surface area contributed by atoms with Crippen LogP contribution in [-0.4, -0.2) is 41.7 Å². The number of hydrogen-bond donors (Lipinski definition) is 3. The van der Waals surface area contributed by atoms with E-state index in [9.17, 15) is 19.8 Å². The van der Waals surface area contributed by atoms with E-state index in [0.717, 1.165) is 42.6 Å². The molecule has 0 saturated heterocycles. The Bertz CT molecular complexity index is 1190. The third-order valence-corrected chi connectivity index (χ3v) is 8.72. The molecule has 1 heterocycles. The lowest BCUT2D eigenvalue weighted by molar-refractivity contribution is -0.136. The van der Waals surface area contributed by atoms with Crippen LogP contribution in [0.2, 0.25) is 0 Å². The van der Waals surface area contributed by atoms with Gasteiger partial charge >= 0.3 is 5.97 Å². The van der Waals surface area contributed by atoms with E-state index in [2.05, 4.69) is 44.8 Å². The Kier molecular flexibility index (Phi) is 12.1. The van der Waals surface area contributed by atoms with Crippen LogP contribution in [0.1, 0.15) is 117 Å². The zero-order valence-electron chi connectivity index (χ0n) is 26.1. The minimum Gasteiger partial charge on any atom is -0.507 e. The minimum atomic E-state index is -0.805. The van der Waals surface area contributed by atoms with Gasteiger partial charge < -0.3 is 20.4 Å². The number of nitrogens with zero attached hydrogens (tertiary/aromatic N) is 1. The number of nitrogens with one attached hydrogen (secondary N) is 1. The fourth-order valence-electron chi connectivity index (χ4n) is 6.32. The quantitative estimate of drug-likeness (QED) is 0.173. The lowest BCUT2D eigenvalue weighted by Gasteiger charge is -2.31. The number of aromatic hydroxyl groups is 1. The van der Waals surface area contributed by atoms with Gasteiger partial charge in [-0.2, -0.15) is 0 Å². The predicted molar refractivity (Wildman–Crippen MR) is 168 cm³/mol. The van der Waals surface area contributed by atoms with Gasteiger partial charge in [0.15, 0.2) is 0 Å². The van der Waals surface area contributed by atoms with E-state index in [1.54, 1.807) is 18.2 Å². The SMILES string of the molecule is CCCCCCCCCCCN1CCc2c(C)c(CC(=O)O)c(C)c(CC(C)(C)CNC(=O)c3ccccc3O)c21. The van der Waals surface area contributed by atoms with Crippen LogP contribution in [0.3, 0.4) is 0 Å². The molecule has 0 bridgehead atoms. The molecule has 1 aliphatic heterocycles. The summed E-state index contributed by atoms with van der Waals surface area (Å²) in [5.74, 6) is -1.12. The molecule has 0 aromatic heterocycles. The van der Waals surface area contributed by atoms with Crippen molar-refractivity contribution in [3.05, 3.63) is 57.6 Å². The Hall–Kier alpha value is -3.02. The van der Waals surface area contributed by atoms with Crippen molar-refractivity contribution >= 4 is 17.6 Å². The smallest absolute Gasteiger partial charge is 0.307 e. The second-order valence-electron chi connectivity index (χ2n) is 12.7. The molecule has 0 saturated carbocycles. The normalized spacial score (nSPS) is 13.0. The zero-order chi connectivity index (χ0) is 30.0. The summed E-state index contributed by atoms with van der Waals surface area (Å²) in [4.78, 5) is 27.1. The van der Waals surface area contributed by atoms with Crippen LogP contribution in [0.4, 0.5) is 5.69 Å². The number of amides is 1.